The Kier molecular flexibility index (Phi) is 7.65. The Hall–Kier alpha value is -2.74. The van der Waals surface area contributed by atoms with Crippen LogP contribution in [0.15, 0.2) is 24.3 Å². The number of aryl methyl sites for hydroxylation is 1. The van der Waals surface area contributed by atoms with Crippen LogP contribution in [-0.2, 0) is 4.79 Å². The van der Waals surface area contributed by atoms with E-state index in [9.17, 15) is 14.0 Å². The van der Waals surface area contributed by atoms with Crippen molar-refractivity contribution in [2.45, 2.75) is 71.4 Å². The van der Waals surface area contributed by atoms with Gasteiger partial charge in [-0.15, -0.1) is 0 Å². The molecule has 2 unspecified atom stereocenters. The average Bonchev–Trinajstić information content (AvgIpc) is 3.53. The minimum absolute atomic E-state index is 0.112. The molecule has 8 heteroatoms. The Morgan fingerprint density at radius 1 is 1.08 bits per heavy atom. The maximum absolute atomic E-state index is 13.8. The van der Waals surface area contributed by atoms with Gasteiger partial charge in [0.25, 0.3) is 5.91 Å². The number of hydrogen-bond acceptors (Lipinski definition) is 4. The van der Waals surface area contributed by atoms with Crippen LogP contribution in [0, 0.1) is 31.5 Å². The van der Waals surface area contributed by atoms with Crippen molar-refractivity contribution in [2.75, 3.05) is 32.7 Å². The quantitative estimate of drug-likeness (QED) is 0.600. The number of fused-ring (bicyclic) bond motifs is 1. The molecule has 37 heavy (non-hydrogen) atoms. The summed E-state index contributed by atoms with van der Waals surface area (Å²) in [5, 5.41) is 7.79. The molecule has 200 valence electrons. The smallest absolute Gasteiger partial charge is 0.257 e. The van der Waals surface area contributed by atoms with E-state index in [0.717, 1.165) is 74.5 Å². The van der Waals surface area contributed by atoms with Crippen LogP contribution in [0.25, 0.3) is 0 Å². The molecule has 3 heterocycles. The molecule has 0 spiro atoms. The highest BCUT2D eigenvalue weighted by Gasteiger charge is 2.42. The van der Waals surface area contributed by atoms with Crippen LogP contribution in [0.3, 0.4) is 0 Å². The highest BCUT2D eigenvalue weighted by Crippen LogP contribution is 2.35. The molecule has 1 saturated carbocycles. The fraction of sp³-hybridized carbons (Fsp3) is 0.621. The third-order valence-corrected chi connectivity index (χ3v) is 8.67. The van der Waals surface area contributed by atoms with E-state index in [0.29, 0.717) is 17.9 Å². The maximum atomic E-state index is 13.8. The number of aromatic nitrogens is 2. The van der Waals surface area contributed by atoms with Crippen molar-refractivity contribution in [1.82, 2.24) is 24.9 Å². The molecule has 1 aromatic carbocycles. The Morgan fingerprint density at radius 3 is 2.43 bits per heavy atom. The Bertz CT molecular complexity index is 1130. The first-order valence-electron chi connectivity index (χ1n) is 13.9. The first kappa shape index (κ1) is 25.9. The highest BCUT2D eigenvalue weighted by atomic mass is 19.1. The predicted molar refractivity (Wildman–Crippen MR) is 141 cm³/mol. The van der Waals surface area contributed by atoms with Crippen molar-refractivity contribution in [3.05, 3.63) is 52.6 Å². The summed E-state index contributed by atoms with van der Waals surface area (Å²) >= 11 is 0. The van der Waals surface area contributed by atoms with E-state index in [1.165, 1.54) is 38.3 Å². The molecule has 2 amide bonds. The predicted octanol–water partition coefficient (Wildman–Crippen LogP) is 4.42. The summed E-state index contributed by atoms with van der Waals surface area (Å²) in [5.74, 6) is 0.662. The first-order valence-corrected chi connectivity index (χ1v) is 13.9. The normalized spacial score (nSPS) is 23.3. The molecular formula is C29H40FN5O2. The van der Waals surface area contributed by atoms with E-state index in [-0.39, 0.29) is 23.7 Å². The van der Waals surface area contributed by atoms with E-state index in [2.05, 4.69) is 21.8 Å². The Labute approximate surface area is 219 Å². The summed E-state index contributed by atoms with van der Waals surface area (Å²) < 4.78 is 15.9. The van der Waals surface area contributed by atoms with Crippen molar-refractivity contribution in [3.8, 4) is 0 Å². The molecular weight excluding hydrogens is 469 g/mol. The van der Waals surface area contributed by atoms with Gasteiger partial charge in [-0.25, -0.2) is 4.39 Å². The van der Waals surface area contributed by atoms with Crippen LogP contribution in [0.4, 0.5) is 4.39 Å². The largest absolute Gasteiger partial charge is 0.349 e. The van der Waals surface area contributed by atoms with Gasteiger partial charge in [0, 0.05) is 45.3 Å². The number of likely N-dealkylation sites (tertiary alicyclic amines) is 2. The van der Waals surface area contributed by atoms with Gasteiger partial charge in [-0.1, -0.05) is 31.4 Å². The van der Waals surface area contributed by atoms with Gasteiger partial charge in [0.1, 0.15) is 5.82 Å². The summed E-state index contributed by atoms with van der Waals surface area (Å²) in [6.07, 6.45) is 6.82. The van der Waals surface area contributed by atoms with Gasteiger partial charge in [0.2, 0.25) is 5.91 Å². The zero-order valence-electron chi connectivity index (χ0n) is 22.4. The van der Waals surface area contributed by atoms with Crippen molar-refractivity contribution >= 4 is 11.8 Å². The molecule has 5 rings (SSSR count). The SMILES string of the molecule is CC(=O)NC(CCN1CC2CN(C(=O)c3c(C)nn(C4CCCCC4)c3C)C[C@@H]2C1)c1cccc(F)c1. The van der Waals surface area contributed by atoms with Crippen LogP contribution in [0.2, 0.25) is 0 Å². The molecule has 1 aromatic heterocycles. The number of halogens is 1. The fourth-order valence-electron chi connectivity index (χ4n) is 6.85. The number of benzene rings is 1. The number of nitrogens with zero attached hydrogens (tertiary/aromatic N) is 4. The van der Waals surface area contributed by atoms with E-state index >= 15 is 0 Å². The summed E-state index contributed by atoms with van der Waals surface area (Å²) in [4.78, 5) is 29.8. The van der Waals surface area contributed by atoms with Gasteiger partial charge < -0.3 is 15.1 Å². The number of carbonyl (C=O) groups is 2. The molecule has 1 aliphatic carbocycles. The summed E-state index contributed by atoms with van der Waals surface area (Å²) in [5.41, 5.74) is 3.48. The van der Waals surface area contributed by atoms with E-state index in [4.69, 9.17) is 5.10 Å². The minimum Gasteiger partial charge on any atom is -0.349 e. The maximum Gasteiger partial charge on any atom is 0.257 e. The molecule has 2 saturated heterocycles. The van der Waals surface area contributed by atoms with Gasteiger partial charge in [0.05, 0.1) is 23.3 Å². The second kappa shape index (κ2) is 10.9. The fourth-order valence-corrected chi connectivity index (χ4v) is 6.85. The van der Waals surface area contributed by atoms with Gasteiger partial charge in [-0.3, -0.25) is 14.3 Å². The van der Waals surface area contributed by atoms with Gasteiger partial charge >= 0.3 is 0 Å². The number of nitrogens with one attached hydrogen (secondary N) is 1. The third-order valence-electron chi connectivity index (χ3n) is 8.67. The molecule has 2 aliphatic heterocycles. The minimum atomic E-state index is -0.289. The molecule has 0 radical (unpaired) electrons. The average molecular weight is 510 g/mol. The van der Waals surface area contributed by atoms with Crippen molar-refractivity contribution in [1.29, 1.82) is 0 Å². The van der Waals surface area contributed by atoms with Crippen LogP contribution < -0.4 is 5.32 Å². The Balaban J connectivity index is 1.18. The first-order chi connectivity index (χ1) is 17.8. The lowest BCUT2D eigenvalue weighted by molar-refractivity contribution is -0.119. The standard InChI is InChI=1S/C29H40FN5O2/c1-19-28(20(2)35(32-19)26-10-5-4-6-11-26)29(37)34-17-23-15-33(16-24(23)18-34)13-12-27(31-21(3)36)22-8-7-9-25(30)14-22/h7-9,14,23-24,26-27H,4-6,10-13,15-18H2,1-3H3,(H,31,36)/t23-,24?,27?/m0/s1. The van der Waals surface area contributed by atoms with Crippen molar-refractivity contribution in [2.24, 2.45) is 11.8 Å². The molecule has 3 fully saturated rings. The molecule has 1 N–H and O–H groups in total. The van der Waals surface area contributed by atoms with Gasteiger partial charge in [-0.05, 0) is 62.6 Å². The lowest BCUT2D eigenvalue weighted by Crippen LogP contribution is -2.35. The van der Waals surface area contributed by atoms with E-state index < -0.39 is 0 Å². The molecule has 3 aliphatic rings. The van der Waals surface area contributed by atoms with Crippen molar-refractivity contribution in [3.63, 3.8) is 0 Å². The number of rotatable bonds is 7. The zero-order chi connectivity index (χ0) is 26.1. The van der Waals surface area contributed by atoms with Crippen LogP contribution in [0.1, 0.15) is 84.8 Å². The van der Waals surface area contributed by atoms with Gasteiger partial charge in [-0.2, -0.15) is 5.10 Å². The second-order valence-electron chi connectivity index (χ2n) is 11.4. The molecule has 0 bridgehead atoms. The monoisotopic (exact) mass is 509 g/mol. The lowest BCUT2D eigenvalue weighted by Gasteiger charge is -2.25. The summed E-state index contributed by atoms with van der Waals surface area (Å²) in [7, 11) is 0. The third kappa shape index (κ3) is 5.59. The van der Waals surface area contributed by atoms with E-state index in [1.54, 1.807) is 6.07 Å². The number of carbonyl (C=O) groups excluding carboxylic acids is 2. The van der Waals surface area contributed by atoms with Crippen LogP contribution in [-0.4, -0.2) is 64.1 Å². The summed E-state index contributed by atoms with van der Waals surface area (Å²) in [6, 6.07) is 6.70. The van der Waals surface area contributed by atoms with Crippen LogP contribution in [0.5, 0.6) is 0 Å². The highest BCUT2D eigenvalue weighted by molar-refractivity contribution is 5.96. The number of hydrogen-bond donors (Lipinski definition) is 1. The lowest BCUT2D eigenvalue weighted by atomic mass is 9.95. The topological polar surface area (TPSA) is 70.5 Å². The molecule has 2 aromatic rings. The Morgan fingerprint density at radius 2 is 1.78 bits per heavy atom. The van der Waals surface area contributed by atoms with Crippen LogP contribution >= 0.6 is 0 Å². The van der Waals surface area contributed by atoms with E-state index in [1.807, 2.05) is 17.9 Å². The molecule has 7 nitrogen and oxygen atoms in total. The van der Waals surface area contributed by atoms with Gasteiger partial charge in [0.15, 0.2) is 0 Å². The van der Waals surface area contributed by atoms with Crippen molar-refractivity contribution < 1.29 is 14.0 Å². The zero-order valence-corrected chi connectivity index (χ0v) is 22.4. The second-order valence-corrected chi connectivity index (χ2v) is 11.4. The molecule has 3 atom stereocenters. The number of amides is 2. The summed E-state index contributed by atoms with van der Waals surface area (Å²) in [6.45, 7) is 9.83.